The molecule has 0 aromatic heterocycles. The number of hydrogen-bond donors (Lipinski definition) is 0. The summed E-state index contributed by atoms with van der Waals surface area (Å²) in [5.41, 5.74) is -0.294. The van der Waals surface area contributed by atoms with E-state index in [1.165, 1.54) is 0 Å². The van der Waals surface area contributed by atoms with Gasteiger partial charge in [0.2, 0.25) is 0 Å². The molecule has 5 atom stereocenters. The predicted octanol–water partition coefficient (Wildman–Crippen LogP) is 1.37. The van der Waals surface area contributed by atoms with Gasteiger partial charge < -0.3 is 18.9 Å². The number of fused-ring (bicyclic) bond motifs is 1. The molecule has 0 aromatic carbocycles. The summed E-state index contributed by atoms with van der Waals surface area (Å²) in [5, 5.41) is 8.65. The normalized spacial score (nSPS) is 46.4. The molecule has 2 unspecified atom stereocenters. The molecule has 2 bridgehead atoms. The highest BCUT2D eigenvalue weighted by molar-refractivity contribution is 5.04. The molecule has 5 nitrogen and oxygen atoms in total. The average Bonchev–Trinajstić information content (AvgIpc) is 2.69. The van der Waals surface area contributed by atoms with Crippen molar-refractivity contribution >= 4 is 0 Å². The second kappa shape index (κ2) is 4.78. The lowest BCUT2D eigenvalue weighted by Crippen LogP contribution is -2.54. The van der Waals surface area contributed by atoms with Crippen molar-refractivity contribution < 1.29 is 18.9 Å². The zero-order chi connectivity index (χ0) is 12.6. The minimum absolute atomic E-state index is 0.0107. The van der Waals surface area contributed by atoms with E-state index in [1.54, 1.807) is 7.11 Å². The first-order valence-electron chi connectivity index (χ1n) is 6.62. The summed E-state index contributed by atoms with van der Waals surface area (Å²) < 4.78 is 23.2. The molecular formula is C13H19NO4. The highest BCUT2D eigenvalue weighted by Crippen LogP contribution is 2.46. The molecule has 0 saturated carbocycles. The van der Waals surface area contributed by atoms with Crippen LogP contribution in [0.2, 0.25) is 0 Å². The van der Waals surface area contributed by atoms with E-state index in [9.17, 15) is 0 Å². The molecule has 5 heteroatoms. The van der Waals surface area contributed by atoms with Crippen LogP contribution in [0.4, 0.5) is 0 Å². The van der Waals surface area contributed by atoms with Crippen molar-refractivity contribution in [3.05, 3.63) is 0 Å². The van der Waals surface area contributed by atoms with Gasteiger partial charge in [-0.25, -0.2) is 0 Å². The van der Waals surface area contributed by atoms with Crippen LogP contribution in [0.3, 0.4) is 0 Å². The summed E-state index contributed by atoms with van der Waals surface area (Å²) >= 11 is 0. The van der Waals surface area contributed by atoms with Gasteiger partial charge in [-0.15, -0.1) is 0 Å². The number of methoxy groups -OCH3 is 1. The fourth-order valence-electron chi connectivity index (χ4n) is 3.36. The summed E-state index contributed by atoms with van der Waals surface area (Å²) in [6.45, 7) is 0.537. The molecular weight excluding hydrogens is 234 g/mol. The summed E-state index contributed by atoms with van der Waals surface area (Å²) in [4.78, 5) is 0. The average molecular weight is 253 g/mol. The molecule has 3 saturated heterocycles. The van der Waals surface area contributed by atoms with Crippen LogP contribution in [-0.4, -0.2) is 43.9 Å². The Hall–Kier alpha value is -0.670. The van der Waals surface area contributed by atoms with Gasteiger partial charge in [-0.3, -0.25) is 0 Å². The van der Waals surface area contributed by atoms with E-state index in [-0.39, 0.29) is 30.2 Å². The summed E-state index contributed by atoms with van der Waals surface area (Å²) in [6.07, 6.45) is 4.20. The van der Waals surface area contributed by atoms with Crippen molar-refractivity contribution in [3.63, 3.8) is 0 Å². The van der Waals surface area contributed by atoms with Crippen molar-refractivity contribution in [1.29, 1.82) is 5.26 Å². The van der Waals surface area contributed by atoms with Crippen LogP contribution in [0, 0.1) is 11.3 Å². The van der Waals surface area contributed by atoms with Crippen LogP contribution < -0.4 is 0 Å². The number of nitrogens with zero attached hydrogens (tertiary/aromatic N) is 1. The SMILES string of the molecule is CO[C@@H]1OCC23C[C@H]1O[C@H]2CCC(CCC#N)O3. The van der Waals surface area contributed by atoms with Crippen LogP contribution in [0.15, 0.2) is 0 Å². The van der Waals surface area contributed by atoms with Crippen LogP contribution in [0.1, 0.15) is 32.1 Å². The third kappa shape index (κ3) is 1.94. The molecule has 3 fully saturated rings. The van der Waals surface area contributed by atoms with E-state index >= 15 is 0 Å². The van der Waals surface area contributed by atoms with E-state index in [1.807, 2.05) is 0 Å². The Labute approximate surface area is 107 Å². The summed E-state index contributed by atoms with van der Waals surface area (Å²) in [6, 6.07) is 2.18. The van der Waals surface area contributed by atoms with Crippen LogP contribution in [0.25, 0.3) is 0 Å². The van der Waals surface area contributed by atoms with Crippen LogP contribution >= 0.6 is 0 Å². The van der Waals surface area contributed by atoms with Crippen molar-refractivity contribution in [2.24, 2.45) is 0 Å². The number of hydrogen-bond acceptors (Lipinski definition) is 5. The van der Waals surface area contributed by atoms with Gasteiger partial charge in [0.25, 0.3) is 0 Å². The Morgan fingerprint density at radius 1 is 1.44 bits per heavy atom. The third-order valence-electron chi connectivity index (χ3n) is 4.23. The Bertz CT molecular complexity index is 355. The first kappa shape index (κ1) is 12.4. The molecule has 1 spiro atoms. The number of rotatable bonds is 3. The molecule has 18 heavy (non-hydrogen) atoms. The van der Waals surface area contributed by atoms with Gasteiger partial charge in [0.15, 0.2) is 6.29 Å². The molecule has 3 aliphatic heterocycles. The zero-order valence-corrected chi connectivity index (χ0v) is 10.6. The first-order chi connectivity index (χ1) is 8.77. The van der Waals surface area contributed by atoms with Gasteiger partial charge in [-0.1, -0.05) is 0 Å². The molecule has 0 aromatic rings. The number of ether oxygens (including phenoxy) is 4. The van der Waals surface area contributed by atoms with Gasteiger partial charge in [0.1, 0.15) is 11.7 Å². The van der Waals surface area contributed by atoms with Crippen molar-refractivity contribution in [2.75, 3.05) is 13.7 Å². The van der Waals surface area contributed by atoms with Crippen molar-refractivity contribution in [3.8, 4) is 6.07 Å². The largest absolute Gasteiger partial charge is 0.366 e. The molecule has 0 N–H and O–H groups in total. The van der Waals surface area contributed by atoms with E-state index in [0.29, 0.717) is 13.0 Å². The van der Waals surface area contributed by atoms with E-state index in [4.69, 9.17) is 24.2 Å². The Morgan fingerprint density at radius 3 is 3.11 bits per heavy atom. The maximum atomic E-state index is 8.65. The topological polar surface area (TPSA) is 60.7 Å². The maximum absolute atomic E-state index is 8.65. The predicted molar refractivity (Wildman–Crippen MR) is 61.7 cm³/mol. The molecule has 3 aliphatic rings. The van der Waals surface area contributed by atoms with Gasteiger partial charge in [-0.05, 0) is 19.3 Å². The van der Waals surface area contributed by atoms with Gasteiger partial charge >= 0.3 is 0 Å². The zero-order valence-electron chi connectivity index (χ0n) is 10.6. The fourth-order valence-corrected chi connectivity index (χ4v) is 3.36. The summed E-state index contributed by atoms with van der Waals surface area (Å²) in [7, 11) is 1.64. The lowest BCUT2D eigenvalue weighted by Gasteiger charge is -2.43. The molecule has 0 amide bonds. The van der Waals surface area contributed by atoms with Gasteiger partial charge in [0, 0.05) is 20.0 Å². The molecule has 0 radical (unpaired) electrons. The lowest BCUT2D eigenvalue weighted by molar-refractivity contribution is -0.231. The monoisotopic (exact) mass is 253 g/mol. The van der Waals surface area contributed by atoms with Crippen molar-refractivity contribution in [1.82, 2.24) is 0 Å². The molecule has 3 rings (SSSR count). The molecule has 0 aliphatic carbocycles. The van der Waals surface area contributed by atoms with E-state index in [2.05, 4.69) is 6.07 Å². The fraction of sp³-hybridized carbons (Fsp3) is 0.923. The summed E-state index contributed by atoms with van der Waals surface area (Å²) in [5.74, 6) is 0. The van der Waals surface area contributed by atoms with Crippen molar-refractivity contribution in [2.45, 2.75) is 62.3 Å². The second-order valence-electron chi connectivity index (χ2n) is 5.36. The number of nitriles is 1. The Kier molecular flexibility index (Phi) is 3.29. The minimum atomic E-state index is -0.294. The molecule has 100 valence electrons. The second-order valence-corrected chi connectivity index (χ2v) is 5.36. The van der Waals surface area contributed by atoms with E-state index in [0.717, 1.165) is 25.7 Å². The van der Waals surface area contributed by atoms with Gasteiger partial charge in [-0.2, -0.15) is 5.26 Å². The third-order valence-corrected chi connectivity index (χ3v) is 4.23. The van der Waals surface area contributed by atoms with Crippen LogP contribution in [0.5, 0.6) is 0 Å². The standard InChI is InChI=1S/C13H19NO4/c1-15-12-10-7-13(8-16-12)11(17-10)5-4-9(18-13)3-2-6-14/h9-12H,2-5,7-8H2,1H3/t9?,10-,11+,12-,13?/m1/s1. The van der Waals surface area contributed by atoms with E-state index < -0.39 is 0 Å². The smallest absolute Gasteiger partial charge is 0.183 e. The first-order valence-corrected chi connectivity index (χ1v) is 6.62. The Morgan fingerprint density at radius 2 is 2.33 bits per heavy atom. The minimum Gasteiger partial charge on any atom is -0.366 e. The Balaban J connectivity index is 1.68. The highest BCUT2D eigenvalue weighted by atomic mass is 16.7. The maximum Gasteiger partial charge on any atom is 0.183 e. The van der Waals surface area contributed by atoms with Gasteiger partial charge in [0.05, 0.1) is 24.9 Å². The molecule has 3 heterocycles. The highest BCUT2D eigenvalue weighted by Gasteiger charge is 2.58. The van der Waals surface area contributed by atoms with Crippen LogP contribution in [-0.2, 0) is 18.9 Å². The quantitative estimate of drug-likeness (QED) is 0.760. The lowest BCUT2D eigenvalue weighted by atomic mass is 9.85.